The Morgan fingerprint density at radius 1 is 1.20 bits per heavy atom. The van der Waals surface area contributed by atoms with Gasteiger partial charge in [0.15, 0.2) is 0 Å². The number of carbonyl (C=O) groups excluding carboxylic acids is 1. The van der Waals surface area contributed by atoms with Crippen LogP contribution in [-0.2, 0) is 17.5 Å². The van der Waals surface area contributed by atoms with Crippen molar-refractivity contribution in [3.05, 3.63) is 35.4 Å². The Kier molecular flexibility index (Phi) is 5.94. The van der Waals surface area contributed by atoms with E-state index < -0.39 is 11.7 Å². The quantitative estimate of drug-likeness (QED) is 0.812. The summed E-state index contributed by atoms with van der Waals surface area (Å²) in [5, 5.41) is 0. The van der Waals surface area contributed by atoms with E-state index >= 15 is 0 Å². The molecule has 0 bridgehead atoms. The second-order valence-corrected chi connectivity index (χ2v) is 7.93. The van der Waals surface area contributed by atoms with Gasteiger partial charge in [0.1, 0.15) is 0 Å². The van der Waals surface area contributed by atoms with E-state index in [0.717, 1.165) is 50.0 Å². The van der Waals surface area contributed by atoms with Gasteiger partial charge in [-0.05, 0) is 31.0 Å². The maximum Gasteiger partial charge on any atom is 0.416 e. The summed E-state index contributed by atoms with van der Waals surface area (Å²) in [6, 6.07) is 5.49. The van der Waals surface area contributed by atoms with Crippen molar-refractivity contribution in [2.45, 2.75) is 25.6 Å². The normalized spacial score (nSPS) is 22.8. The number of hydrogen-bond acceptors (Lipinski definition) is 3. The number of amides is 1. The zero-order chi connectivity index (χ0) is 17.9. The summed E-state index contributed by atoms with van der Waals surface area (Å²) in [6.07, 6.45) is -2.53. The molecule has 2 saturated heterocycles. The van der Waals surface area contributed by atoms with Gasteiger partial charge in [-0.3, -0.25) is 9.69 Å². The number of nitrogens with zero attached hydrogens (tertiary/aromatic N) is 2. The van der Waals surface area contributed by atoms with Crippen LogP contribution in [0.4, 0.5) is 13.2 Å². The van der Waals surface area contributed by atoms with Crippen molar-refractivity contribution in [1.82, 2.24) is 9.80 Å². The number of carbonyl (C=O) groups is 1. The highest BCUT2D eigenvalue weighted by Gasteiger charge is 2.32. The first-order valence-corrected chi connectivity index (χ1v) is 9.84. The predicted molar refractivity (Wildman–Crippen MR) is 93.4 cm³/mol. The summed E-state index contributed by atoms with van der Waals surface area (Å²) in [5.41, 5.74) is 0.0396. The molecule has 0 aromatic heterocycles. The topological polar surface area (TPSA) is 23.6 Å². The van der Waals surface area contributed by atoms with Gasteiger partial charge in [-0.1, -0.05) is 18.2 Å². The number of thioether (sulfide) groups is 1. The number of alkyl halides is 3. The van der Waals surface area contributed by atoms with E-state index in [1.807, 2.05) is 16.7 Å². The molecular formula is C18H23F3N2OS. The third-order valence-electron chi connectivity index (χ3n) is 4.84. The minimum Gasteiger partial charge on any atom is -0.341 e. The molecular weight excluding hydrogens is 349 g/mol. The summed E-state index contributed by atoms with van der Waals surface area (Å²) >= 11 is 1.87. The number of benzene rings is 1. The van der Waals surface area contributed by atoms with Crippen molar-refractivity contribution < 1.29 is 18.0 Å². The lowest BCUT2D eigenvalue weighted by Crippen LogP contribution is -2.47. The van der Waals surface area contributed by atoms with Crippen LogP contribution >= 0.6 is 11.8 Å². The van der Waals surface area contributed by atoms with E-state index in [0.29, 0.717) is 18.7 Å². The van der Waals surface area contributed by atoms with Gasteiger partial charge in [0.05, 0.1) is 11.5 Å². The molecule has 2 fully saturated rings. The molecule has 7 heteroatoms. The van der Waals surface area contributed by atoms with Crippen LogP contribution in [0.1, 0.15) is 24.0 Å². The minimum atomic E-state index is -4.32. The van der Waals surface area contributed by atoms with Crippen LogP contribution in [0, 0.1) is 5.92 Å². The van der Waals surface area contributed by atoms with Crippen LogP contribution in [-0.4, -0.2) is 53.4 Å². The summed E-state index contributed by atoms with van der Waals surface area (Å²) in [4.78, 5) is 16.7. The van der Waals surface area contributed by atoms with Crippen LogP contribution in [0.15, 0.2) is 24.3 Å². The average molecular weight is 372 g/mol. The predicted octanol–water partition coefficient (Wildman–Crippen LogP) is 3.49. The lowest BCUT2D eigenvalue weighted by Gasteiger charge is -2.36. The van der Waals surface area contributed by atoms with Crippen LogP contribution in [0.2, 0.25) is 0 Å². The first kappa shape index (κ1) is 18.6. The molecule has 25 heavy (non-hydrogen) atoms. The van der Waals surface area contributed by atoms with Gasteiger partial charge in [0, 0.05) is 37.7 Å². The molecule has 0 radical (unpaired) electrons. The van der Waals surface area contributed by atoms with Crippen molar-refractivity contribution in [3.8, 4) is 0 Å². The molecule has 1 aromatic carbocycles. The molecule has 0 saturated carbocycles. The van der Waals surface area contributed by atoms with Crippen molar-refractivity contribution in [3.63, 3.8) is 0 Å². The monoisotopic (exact) mass is 372 g/mol. The highest BCUT2D eigenvalue weighted by molar-refractivity contribution is 7.99. The Labute approximate surface area is 150 Å². The van der Waals surface area contributed by atoms with Crippen molar-refractivity contribution in [1.29, 1.82) is 0 Å². The molecule has 1 atom stereocenters. The maximum absolute atomic E-state index is 12.9. The number of rotatable bonds is 3. The second kappa shape index (κ2) is 7.99. The molecule has 2 aliphatic heterocycles. The second-order valence-electron chi connectivity index (χ2n) is 6.71. The smallest absolute Gasteiger partial charge is 0.341 e. The van der Waals surface area contributed by atoms with E-state index in [4.69, 9.17) is 0 Å². The molecule has 3 nitrogen and oxygen atoms in total. The fourth-order valence-electron chi connectivity index (χ4n) is 3.55. The van der Waals surface area contributed by atoms with Gasteiger partial charge in [0.25, 0.3) is 0 Å². The molecule has 1 amide bonds. The third kappa shape index (κ3) is 4.91. The van der Waals surface area contributed by atoms with Gasteiger partial charge in [-0.15, -0.1) is 0 Å². The molecule has 1 aromatic rings. The highest BCUT2D eigenvalue weighted by Crippen LogP contribution is 2.30. The fraction of sp³-hybridized carbons (Fsp3) is 0.611. The highest BCUT2D eigenvalue weighted by atomic mass is 32.2. The summed E-state index contributed by atoms with van der Waals surface area (Å²) in [7, 11) is 0. The molecule has 2 heterocycles. The average Bonchev–Trinajstić information content (AvgIpc) is 2.61. The zero-order valence-electron chi connectivity index (χ0n) is 14.1. The maximum atomic E-state index is 12.9. The molecule has 138 valence electrons. The molecule has 0 spiro atoms. The first-order valence-electron chi connectivity index (χ1n) is 8.68. The van der Waals surface area contributed by atoms with Crippen LogP contribution < -0.4 is 0 Å². The van der Waals surface area contributed by atoms with E-state index in [2.05, 4.69) is 4.90 Å². The molecule has 0 N–H and O–H groups in total. The van der Waals surface area contributed by atoms with Gasteiger partial charge in [-0.2, -0.15) is 24.9 Å². The van der Waals surface area contributed by atoms with E-state index in [1.165, 1.54) is 12.1 Å². The Morgan fingerprint density at radius 2 is 1.96 bits per heavy atom. The lowest BCUT2D eigenvalue weighted by atomic mass is 9.96. The zero-order valence-corrected chi connectivity index (χ0v) is 14.9. The van der Waals surface area contributed by atoms with E-state index in [9.17, 15) is 18.0 Å². The van der Waals surface area contributed by atoms with E-state index in [-0.39, 0.29) is 11.8 Å². The van der Waals surface area contributed by atoms with Gasteiger partial charge < -0.3 is 4.90 Å². The summed E-state index contributed by atoms with van der Waals surface area (Å²) < 4.78 is 38.6. The van der Waals surface area contributed by atoms with Crippen LogP contribution in [0.5, 0.6) is 0 Å². The molecule has 2 aliphatic rings. The Balaban J connectivity index is 1.61. The third-order valence-corrected chi connectivity index (χ3v) is 5.78. The molecule has 3 rings (SSSR count). The van der Waals surface area contributed by atoms with Crippen molar-refractivity contribution in [2.24, 2.45) is 5.92 Å². The van der Waals surface area contributed by atoms with E-state index in [1.54, 1.807) is 6.07 Å². The van der Waals surface area contributed by atoms with Gasteiger partial charge in [0.2, 0.25) is 5.91 Å². The van der Waals surface area contributed by atoms with Crippen LogP contribution in [0.3, 0.4) is 0 Å². The molecule has 1 unspecified atom stereocenters. The summed E-state index contributed by atoms with van der Waals surface area (Å²) in [5.74, 6) is 2.18. The first-order chi connectivity index (χ1) is 11.9. The van der Waals surface area contributed by atoms with Crippen molar-refractivity contribution in [2.75, 3.05) is 37.7 Å². The number of halogens is 3. The lowest BCUT2D eigenvalue weighted by molar-refractivity contribution is -0.137. The fourth-order valence-corrected chi connectivity index (χ4v) is 4.45. The number of hydrogen-bond donors (Lipinski definition) is 0. The minimum absolute atomic E-state index is 0.0253. The van der Waals surface area contributed by atoms with Crippen LogP contribution in [0.25, 0.3) is 0 Å². The summed E-state index contributed by atoms with van der Waals surface area (Å²) in [6.45, 7) is 3.55. The largest absolute Gasteiger partial charge is 0.416 e. The Bertz CT molecular complexity index is 602. The number of piperidine rings is 1. The van der Waals surface area contributed by atoms with Gasteiger partial charge >= 0.3 is 6.18 Å². The SMILES string of the molecule is O=C(C1CCCN(Cc2cccc(C(F)(F)F)c2)C1)N1CCSCC1. The molecule has 0 aliphatic carbocycles. The number of likely N-dealkylation sites (tertiary alicyclic amines) is 1. The standard InChI is InChI=1S/C18H23F3N2OS/c19-18(20,21)16-5-1-3-14(11-16)12-22-6-2-4-15(13-22)17(24)23-7-9-25-10-8-23/h1,3,5,11,15H,2,4,6-10,12-13H2. The van der Waals surface area contributed by atoms with Crippen molar-refractivity contribution >= 4 is 17.7 Å². The Hall–Kier alpha value is -1.21. The Morgan fingerprint density at radius 3 is 2.68 bits per heavy atom. The van der Waals surface area contributed by atoms with Gasteiger partial charge in [-0.25, -0.2) is 0 Å².